The van der Waals surface area contributed by atoms with Gasteiger partial charge in [-0.2, -0.15) is 13.2 Å². The third-order valence-corrected chi connectivity index (χ3v) is 3.84. The van der Waals surface area contributed by atoms with Gasteiger partial charge >= 0.3 is 6.18 Å². The molecule has 0 saturated heterocycles. The molecule has 0 fully saturated rings. The number of halogens is 3. The Kier molecular flexibility index (Phi) is 7.79. The highest BCUT2D eigenvalue weighted by Crippen LogP contribution is 2.35. The summed E-state index contributed by atoms with van der Waals surface area (Å²) in [5, 5.41) is 3.03. The van der Waals surface area contributed by atoms with E-state index in [0.29, 0.717) is 5.56 Å². The minimum Gasteiger partial charge on any atom is -0.313 e. The molecule has 1 aromatic carbocycles. The highest BCUT2D eigenvalue weighted by Gasteiger charge is 2.34. The van der Waals surface area contributed by atoms with Crippen molar-refractivity contribution in [3.05, 3.63) is 35.4 Å². The van der Waals surface area contributed by atoms with Crippen LogP contribution in [-0.2, 0) is 6.18 Å². The molecule has 120 valence electrons. The third-order valence-electron chi connectivity index (χ3n) is 3.84. The standard InChI is InChI=1S/C17H26F3N/c1-3-4-5-6-7-8-13-16(21-2)14-11-9-10-12-15(14)17(18,19)20/h9-12,16,21H,3-8,13H2,1-2H3. The first kappa shape index (κ1) is 18.0. The number of hydrogen-bond acceptors (Lipinski definition) is 1. The fourth-order valence-corrected chi connectivity index (χ4v) is 2.64. The molecule has 4 heteroatoms. The van der Waals surface area contributed by atoms with Crippen LogP contribution in [0.5, 0.6) is 0 Å². The molecule has 0 amide bonds. The van der Waals surface area contributed by atoms with Gasteiger partial charge in [0.2, 0.25) is 0 Å². The van der Waals surface area contributed by atoms with Gasteiger partial charge in [-0.05, 0) is 25.1 Å². The summed E-state index contributed by atoms with van der Waals surface area (Å²) in [6.07, 6.45) is 3.35. The topological polar surface area (TPSA) is 12.0 Å². The summed E-state index contributed by atoms with van der Waals surface area (Å²) in [6.45, 7) is 2.17. The number of hydrogen-bond donors (Lipinski definition) is 1. The number of benzene rings is 1. The Morgan fingerprint density at radius 1 is 1.00 bits per heavy atom. The Hall–Kier alpha value is -1.03. The Balaban J connectivity index is 2.60. The van der Waals surface area contributed by atoms with Crippen LogP contribution in [-0.4, -0.2) is 7.05 Å². The highest BCUT2D eigenvalue weighted by atomic mass is 19.4. The number of nitrogens with one attached hydrogen (secondary N) is 1. The van der Waals surface area contributed by atoms with Crippen LogP contribution in [0, 0.1) is 0 Å². The van der Waals surface area contributed by atoms with E-state index in [1.807, 2.05) is 0 Å². The molecule has 1 atom stereocenters. The number of unbranched alkanes of at least 4 members (excludes halogenated alkanes) is 5. The molecule has 21 heavy (non-hydrogen) atoms. The molecule has 0 aliphatic carbocycles. The van der Waals surface area contributed by atoms with Crippen molar-refractivity contribution < 1.29 is 13.2 Å². The molecule has 0 aliphatic rings. The van der Waals surface area contributed by atoms with Crippen LogP contribution in [0.4, 0.5) is 13.2 Å². The van der Waals surface area contributed by atoms with Crippen LogP contribution in [0.3, 0.4) is 0 Å². The molecule has 0 bridgehead atoms. The fraction of sp³-hybridized carbons (Fsp3) is 0.647. The van der Waals surface area contributed by atoms with Crippen molar-refractivity contribution in [3.63, 3.8) is 0 Å². The molecule has 1 nitrogen and oxygen atoms in total. The van der Waals surface area contributed by atoms with E-state index >= 15 is 0 Å². The summed E-state index contributed by atoms with van der Waals surface area (Å²) in [6, 6.07) is 5.65. The predicted molar refractivity (Wildman–Crippen MR) is 81.2 cm³/mol. The quantitative estimate of drug-likeness (QED) is 0.575. The van der Waals surface area contributed by atoms with Crippen LogP contribution in [0.1, 0.15) is 69.0 Å². The fourth-order valence-electron chi connectivity index (χ4n) is 2.64. The van der Waals surface area contributed by atoms with Crippen LogP contribution < -0.4 is 5.32 Å². The monoisotopic (exact) mass is 301 g/mol. The first-order valence-corrected chi connectivity index (χ1v) is 7.84. The lowest BCUT2D eigenvalue weighted by Gasteiger charge is -2.21. The van der Waals surface area contributed by atoms with Gasteiger partial charge in [-0.3, -0.25) is 0 Å². The lowest BCUT2D eigenvalue weighted by Crippen LogP contribution is -2.21. The Morgan fingerprint density at radius 2 is 1.62 bits per heavy atom. The summed E-state index contributed by atoms with van der Waals surface area (Å²) in [7, 11) is 1.73. The maximum Gasteiger partial charge on any atom is 0.416 e. The van der Waals surface area contributed by atoms with E-state index in [1.165, 1.54) is 37.8 Å². The maximum absolute atomic E-state index is 13.0. The van der Waals surface area contributed by atoms with E-state index in [0.717, 1.165) is 19.3 Å². The summed E-state index contributed by atoms with van der Waals surface area (Å²) in [5.41, 5.74) is -0.156. The van der Waals surface area contributed by atoms with Crippen LogP contribution >= 0.6 is 0 Å². The first-order valence-electron chi connectivity index (χ1n) is 7.84. The predicted octanol–water partition coefficient (Wildman–Crippen LogP) is 5.72. The summed E-state index contributed by atoms with van der Waals surface area (Å²) >= 11 is 0. The smallest absolute Gasteiger partial charge is 0.313 e. The molecule has 1 aromatic rings. The van der Waals surface area contributed by atoms with E-state index in [4.69, 9.17) is 0 Å². The SMILES string of the molecule is CCCCCCCCC(NC)c1ccccc1C(F)(F)F. The zero-order valence-corrected chi connectivity index (χ0v) is 13.0. The molecule has 1 N–H and O–H groups in total. The molecule has 0 heterocycles. The lowest BCUT2D eigenvalue weighted by atomic mass is 9.95. The van der Waals surface area contributed by atoms with Crippen molar-refractivity contribution in [2.75, 3.05) is 7.05 Å². The van der Waals surface area contributed by atoms with E-state index in [1.54, 1.807) is 19.2 Å². The average Bonchev–Trinajstić information content (AvgIpc) is 2.46. The molecule has 0 aliphatic heterocycles. The summed E-state index contributed by atoms with van der Waals surface area (Å²) in [5.74, 6) is 0. The second-order valence-electron chi connectivity index (χ2n) is 5.48. The minimum atomic E-state index is -4.28. The van der Waals surface area contributed by atoms with Gasteiger partial charge in [-0.15, -0.1) is 0 Å². The average molecular weight is 301 g/mol. The molecule has 1 rings (SSSR count). The van der Waals surface area contributed by atoms with Gasteiger partial charge < -0.3 is 5.32 Å². The number of rotatable bonds is 9. The van der Waals surface area contributed by atoms with Crippen LogP contribution in [0.2, 0.25) is 0 Å². The van der Waals surface area contributed by atoms with Crippen molar-refractivity contribution >= 4 is 0 Å². The van der Waals surface area contributed by atoms with Crippen molar-refractivity contribution in [2.45, 2.75) is 64.1 Å². The van der Waals surface area contributed by atoms with Gasteiger partial charge in [0.15, 0.2) is 0 Å². The van der Waals surface area contributed by atoms with Crippen molar-refractivity contribution in [1.82, 2.24) is 5.32 Å². The normalized spacial score (nSPS) is 13.4. The Labute approximate surface area is 125 Å². The van der Waals surface area contributed by atoms with Crippen molar-refractivity contribution in [1.29, 1.82) is 0 Å². The van der Waals surface area contributed by atoms with Crippen LogP contribution in [0.15, 0.2) is 24.3 Å². The van der Waals surface area contributed by atoms with Gasteiger partial charge in [-0.1, -0.05) is 63.6 Å². The van der Waals surface area contributed by atoms with Crippen molar-refractivity contribution in [2.24, 2.45) is 0 Å². The summed E-state index contributed by atoms with van der Waals surface area (Å²) < 4.78 is 39.1. The Morgan fingerprint density at radius 3 is 2.24 bits per heavy atom. The zero-order valence-electron chi connectivity index (χ0n) is 13.0. The molecule has 0 aromatic heterocycles. The Bertz CT molecular complexity index is 401. The molecular weight excluding hydrogens is 275 g/mol. The minimum absolute atomic E-state index is 0.228. The van der Waals surface area contributed by atoms with Gasteiger partial charge in [0.25, 0.3) is 0 Å². The molecule has 0 spiro atoms. The van der Waals surface area contributed by atoms with Gasteiger partial charge in [0, 0.05) is 6.04 Å². The van der Waals surface area contributed by atoms with E-state index in [9.17, 15) is 13.2 Å². The maximum atomic E-state index is 13.0. The van der Waals surface area contributed by atoms with Gasteiger partial charge in [-0.25, -0.2) is 0 Å². The second-order valence-corrected chi connectivity index (χ2v) is 5.48. The van der Waals surface area contributed by atoms with Crippen molar-refractivity contribution in [3.8, 4) is 0 Å². The van der Waals surface area contributed by atoms with E-state index in [2.05, 4.69) is 12.2 Å². The third kappa shape index (κ3) is 6.08. The molecule has 1 unspecified atom stereocenters. The molecule has 0 radical (unpaired) electrons. The van der Waals surface area contributed by atoms with E-state index < -0.39 is 11.7 Å². The van der Waals surface area contributed by atoms with Gasteiger partial charge in [0.1, 0.15) is 0 Å². The zero-order chi connectivity index (χ0) is 15.7. The van der Waals surface area contributed by atoms with E-state index in [-0.39, 0.29) is 6.04 Å². The number of alkyl halides is 3. The summed E-state index contributed by atoms with van der Waals surface area (Å²) in [4.78, 5) is 0. The lowest BCUT2D eigenvalue weighted by molar-refractivity contribution is -0.138. The molecular formula is C17H26F3N. The van der Waals surface area contributed by atoms with Gasteiger partial charge in [0.05, 0.1) is 5.56 Å². The first-order chi connectivity index (χ1) is 10.0. The molecule has 0 saturated carbocycles. The van der Waals surface area contributed by atoms with Crippen LogP contribution in [0.25, 0.3) is 0 Å². The largest absolute Gasteiger partial charge is 0.416 e. The highest BCUT2D eigenvalue weighted by molar-refractivity contribution is 5.32. The second kappa shape index (κ2) is 9.08.